The van der Waals surface area contributed by atoms with Crippen LogP contribution in [-0.2, 0) is 0 Å². The van der Waals surface area contributed by atoms with Gasteiger partial charge in [0.15, 0.2) is 0 Å². The van der Waals surface area contributed by atoms with Gasteiger partial charge in [0.1, 0.15) is 0 Å². The second-order valence-electron chi connectivity index (χ2n) is 5.20. The molecule has 0 bridgehead atoms. The number of hydrogen-bond donors (Lipinski definition) is 0. The molecule has 4 rings (SSSR count). The molecule has 18 heavy (non-hydrogen) atoms. The topological polar surface area (TPSA) is 0 Å². The minimum atomic E-state index is 1.10. The Bertz CT molecular complexity index is 636. The van der Waals surface area contributed by atoms with Gasteiger partial charge in [0.05, 0.1) is 0 Å². The quantitative estimate of drug-likeness (QED) is 0.552. The summed E-state index contributed by atoms with van der Waals surface area (Å²) in [4.78, 5) is 0. The van der Waals surface area contributed by atoms with Crippen molar-refractivity contribution >= 4 is 17.2 Å². The molecule has 0 amide bonds. The minimum Gasteiger partial charge on any atom is -0.0838 e. The maximum absolute atomic E-state index is 2.45. The van der Waals surface area contributed by atoms with E-state index in [0.717, 1.165) is 19.3 Å². The van der Waals surface area contributed by atoms with Gasteiger partial charge >= 0.3 is 0 Å². The Hall–Kier alpha value is -1.82. The molecule has 3 aliphatic carbocycles. The van der Waals surface area contributed by atoms with E-state index < -0.39 is 0 Å². The van der Waals surface area contributed by atoms with Gasteiger partial charge in [-0.25, -0.2) is 0 Å². The number of rotatable bonds is 0. The zero-order chi connectivity index (χ0) is 11.9. The van der Waals surface area contributed by atoms with E-state index in [1.54, 1.807) is 11.1 Å². The monoisotopic (exact) mass is 232 g/mol. The second-order valence-corrected chi connectivity index (χ2v) is 5.20. The lowest BCUT2D eigenvalue weighted by atomic mass is 9.93. The van der Waals surface area contributed by atoms with Crippen LogP contribution in [-0.4, -0.2) is 0 Å². The molecule has 0 spiro atoms. The Kier molecular flexibility index (Phi) is 2.16. The third-order valence-electron chi connectivity index (χ3n) is 4.17. The molecule has 0 aliphatic heterocycles. The summed E-state index contributed by atoms with van der Waals surface area (Å²) in [6, 6.07) is 6.75. The van der Waals surface area contributed by atoms with Crippen LogP contribution in [0.4, 0.5) is 0 Å². The van der Waals surface area contributed by atoms with Gasteiger partial charge in [-0.2, -0.15) is 0 Å². The first-order valence-corrected chi connectivity index (χ1v) is 6.83. The average molecular weight is 232 g/mol. The van der Waals surface area contributed by atoms with Crippen LogP contribution in [0.15, 0.2) is 48.1 Å². The lowest BCUT2D eigenvalue weighted by Gasteiger charge is -2.12. The summed E-state index contributed by atoms with van der Waals surface area (Å²) < 4.78 is 0. The smallest absolute Gasteiger partial charge is 0.00362 e. The Morgan fingerprint density at radius 1 is 0.833 bits per heavy atom. The molecule has 0 aromatic heterocycles. The Morgan fingerprint density at radius 3 is 2.67 bits per heavy atom. The summed E-state index contributed by atoms with van der Waals surface area (Å²) in [6.07, 6.45) is 16.2. The van der Waals surface area contributed by atoms with E-state index in [1.165, 1.54) is 28.7 Å². The molecule has 88 valence electrons. The average Bonchev–Trinajstić information content (AvgIpc) is 2.70. The highest BCUT2D eigenvalue weighted by Gasteiger charge is 2.27. The van der Waals surface area contributed by atoms with Gasteiger partial charge < -0.3 is 0 Å². The standard InChI is InChI=1S/C18H16/c1-2-7-13-8-6-12-17-15-10-5-4-9-14(15)16(11-3-1)18(13)17/h2,4-8,11-12H,1,3,9-10H2/b7-2-,16-11-. The molecule has 0 unspecified atom stereocenters. The molecule has 0 saturated carbocycles. The van der Waals surface area contributed by atoms with Crippen LogP contribution >= 0.6 is 0 Å². The number of hydrogen-bond acceptors (Lipinski definition) is 0. The zero-order valence-corrected chi connectivity index (χ0v) is 10.4. The van der Waals surface area contributed by atoms with Gasteiger partial charge in [0.2, 0.25) is 0 Å². The van der Waals surface area contributed by atoms with Crippen LogP contribution in [0.1, 0.15) is 42.4 Å². The van der Waals surface area contributed by atoms with Crippen molar-refractivity contribution in [2.45, 2.75) is 25.7 Å². The van der Waals surface area contributed by atoms with Crippen LogP contribution in [0, 0.1) is 0 Å². The largest absolute Gasteiger partial charge is 0.0838 e. The SMILES string of the molecule is C1=CCC2=C(C1)/C1=C/CC/C=C\c3cccc2c31. The Balaban J connectivity index is 2.02. The number of fused-ring (bicyclic) bond motifs is 2. The van der Waals surface area contributed by atoms with Gasteiger partial charge in [-0.3, -0.25) is 0 Å². The molecule has 0 fully saturated rings. The van der Waals surface area contributed by atoms with Crippen molar-refractivity contribution in [1.29, 1.82) is 0 Å². The molecule has 0 nitrogen and oxygen atoms in total. The van der Waals surface area contributed by atoms with E-state index in [4.69, 9.17) is 0 Å². The van der Waals surface area contributed by atoms with Crippen LogP contribution in [0.5, 0.6) is 0 Å². The molecular formula is C18H16. The van der Waals surface area contributed by atoms with E-state index in [2.05, 4.69) is 48.6 Å². The van der Waals surface area contributed by atoms with Crippen molar-refractivity contribution in [2.75, 3.05) is 0 Å². The lowest BCUT2D eigenvalue weighted by Crippen LogP contribution is -1.91. The summed E-state index contributed by atoms with van der Waals surface area (Å²) in [5.41, 5.74) is 9.02. The van der Waals surface area contributed by atoms with Crippen molar-refractivity contribution in [3.8, 4) is 0 Å². The number of allylic oxidation sites excluding steroid dienone is 7. The molecule has 0 heterocycles. The van der Waals surface area contributed by atoms with Gasteiger partial charge in [-0.1, -0.05) is 48.6 Å². The molecular weight excluding hydrogens is 216 g/mol. The van der Waals surface area contributed by atoms with E-state index >= 15 is 0 Å². The van der Waals surface area contributed by atoms with Crippen molar-refractivity contribution in [3.05, 3.63) is 64.8 Å². The highest BCUT2D eigenvalue weighted by Crippen LogP contribution is 2.48. The molecule has 3 aliphatic rings. The van der Waals surface area contributed by atoms with Crippen LogP contribution in [0.25, 0.3) is 17.2 Å². The van der Waals surface area contributed by atoms with E-state index in [9.17, 15) is 0 Å². The van der Waals surface area contributed by atoms with Gasteiger partial charge in [0.25, 0.3) is 0 Å². The van der Waals surface area contributed by atoms with E-state index in [-0.39, 0.29) is 0 Å². The summed E-state index contributed by atoms with van der Waals surface area (Å²) in [5, 5.41) is 0. The van der Waals surface area contributed by atoms with Gasteiger partial charge in [-0.15, -0.1) is 0 Å². The molecule has 1 aromatic rings. The van der Waals surface area contributed by atoms with E-state index in [0.29, 0.717) is 0 Å². The third-order valence-corrected chi connectivity index (χ3v) is 4.17. The second kappa shape index (κ2) is 3.84. The van der Waals surface area contributed by atoms with E-state index in [1.807, 2.05) is 0 Å². The lowest BCUT2D eigenvalue weighted by molar-refractivity contribution is 1.05. The first kappa shape index (κ1) is 10.1. The molecule has 0 saturated heterocycles. The molecule has 0 N–H and O–H groups in total. The fraction of sp³-hybridized carbons (Fsp3) is 0.222. The molecule has 0 heteroatoms. The third kappa shape index (κ3) is 1.32. The highest BCUT2D eigenvalue weighted by molar-refractivity contribution is 6.03. The van der Waals surface area contributed by atoms with Crippen molar-refractivity contribution in [1.82, 2.24) is 0 Å². The first-order valence-electron chi connectivity index (χ1n) is 6.83. The van der Waals surface area contributed by atoms with Crippen molar-refractivity contribution in [3.63, 3.8) is 0 Å². The Labute approximate surface area is 108 Å². The maximum atomic E-state index is 2.45. The van der Waals surface area contributed by atoms with Crippen molar-refractivity contribution < 1.29 is 0 Å². The predicted octanol–water partition coefficient (Wildman–Crippen LogP) is 4.99. The molecule has 0 radical (unpaired) electrons. The fourth-order valence-electron chi connectivity index (χ4n) is 3.37. The predicted molar refractivity (Wildman–Crippen MR) is 78.0 cm³/mol. The van der Waals surface area contributed by atoms with Gasteiger partial charge in [0, 0.05) is 0 Å². The minimum absolute atomic E-state index is 1.10. The van der Waals surface area contributed by atoms with Gasteiger partial charge in [-0.05, 0) is 59.1 Å². The summed E-state index contributed by atoms with van der Waals surface area (Å²) in [5.74, 6) is 0. The van der Waals surface area contributed by atoms with Crippen molar-refractivity contribution in [2.24, 2.45) is 0 Å². The maximum Gasteiger partial charge on any atom is -0.00362 e. The van der Waals surface area contributed by atoms with Crippen LogP contribution in [0.3, 0.4) is 0 Å². The first-order chi connectivity index (χ1) is 8.95. The molecule has 1 aromatic carbocycles. The summed E-state index contributed by atoms with van der Waals surface area (Å²) in [7, 11) is 0. The van der Waals surface area contributed by atoms with Crippen LogP contribution in [0.2, 0.25) is 0 Å². The summed E-state index contributed by atoms with van der Waals surface area (Å²) in [6.45, 7) is 0. The molecule has 0 atom stereocenters. The summed E-state index contributed by atoms with van der Waals surface area (Å²) >= 11 is 0. The fourth-order valence-corrected chi connectivity index (χ4v) is 3.37. The highest BCUT2D eigenvalue weighted by atomic mass is 14.3. The zero-order valence-electron chi connectivity index (χ0n) is 10.4. The Morgan fingerprint density at radius 2 is 1.72 bits per heavy atom. The number of benzene rings is 1. The van der Waals surface area contributed by atoms with Crippen LogP contribution < -0.4 is 0 Å². The normalized spacial score (nSPS) is 24.8.